The van der Waals surface area contributed by atoms with Gasteiger partial charge >= 0.3 is 5.97 Å². The van der Waals surface area contributed by atoms with Gasteiger partial charge in [-0.3, -0.25) is 0 Å². The first-order valence-electron chi connectivity index (χ1n) is 4.03. The second-order valence-electron chi connectivity index (χ2n) is 2.99. The third kappa shape index (κ3) is 2.10. The van der Waals surface area contributed by atoms with E-state index in [4.69, 9.17) is 10.4 Å². The summed E-state index contributed by atoms with van der Waals surface area (Å²) in [5.41, 5.74) is -0.993. The van der Waals surface area contributed by atoms with Gasteiger partial charge in [0.15, 0.2) is 0 Å². The molecule has 0 aliphatic heterocycles. The summed E-state index contributed by atoms with van der Waals surface area (Å²) < 4.78 is 25.0. The largest absolute Gasteiger partial charge is 0.478 e. The number of aromatic carboxylic acids is 1. The molecule has 1 N–H and O–H groups in total. The van der Waals surface area contributed by atoms with Crippen molar-refractivity contribution in [2.75, 3.05) is 0 Å². The molecular formula is C10H7F2NO2. The molecular weight excluding hydrogens is 204 g/mol. The molecule has 15 heavy (non-hydrogen) atoms. The van der Waals surface area contributed by atoms with Crippen molar-refractivity contribution in [3.05, 3.63) is 34.4 Å². The lowest BCUT2D eigenvalue weighted by Gasteiger charge is -2.07. The van der Waals surface area contributed by atoms with Gasteiger partial charge in [-0.2, -0.15) is 5.26 Å². The van der Waals surface area contributed by atoms with Crippen LogP contribution in [-0.4, -0.2) is 11.1 Å². The number of rotatable bonds is 2. The van der Waals surface area contributed by atoms with Crippen LogP contribution in [0.5, 0.6) is 0 Å². The number of carboxylic acids is 1. The van der Waals surface area contributed by atoms with Gasteiger partial charge in [0.2, 0.25) is 0 Å². The molecule has 78 valence electrons. The number of carbonyl (C=O) groups is 1. The number of benzene rings is 1. The Bertz CT molecular complexity index is 449. The van der Waals surface area contributed by atoms with Gasteiger partial charge in [0.05, 0.1) is 11.1 Å². The smallest absolute Gasteiger partial charge is 0.337 e. The second-order valence-corrected chi connectivity index (χ2v) is 2.99. The molecule has 1 aromatic carbocycles. The normalized spacial score (nSPS) is 10.1. The maximum Gasteiger partial charge on any atom is 0.337 e. The van der Waals surface area contributed by atoms with E-state index in [1.807, 2.05) is 0 Å². The minimum Gasteiger partial charge on any atom is -0.478 e. The minimum atomic E-state index is -2.85. The first-order valence-corrected chi connectivity index (χ1v) is 4.03. The Kier molecular flexibility index (Phi) is 3.00. The Morgan fingerprint density at radius 3 is 2.53 bits per heavy atom. The van der Waals surface area contributed by atoms with Crippen LogP contribution in [0, 0.1) is 18.3 Å². The maximum absolute atomic E-state index is 12.5. The van der Waals surface area contributed by atoms with Crippen LogP contribution in [0.1, 0.15) is 33.5 Å². The van der Waals surface area contributed by atoms with Gasteiger partial charge in [-0.1, -0.05) is 0 Å². The van der Waals surface area contributed by atoms with Gasteiger partial charge in [-0.25, -0.2) is 13.6 Å². The fraction of sp³-hybridized carbons (Fsp3) is 0.200. The molecule has 0 aliphatic carbocycles. The first-order chi connectivity index (χ1) is 6.97. The van der Waals surface area contributed by atoms with Crippen molar-refractivity contribution in [2.24, 2.45) is 0 Å². The van der Waals surface area contributed by atoms with Gasteiger partial charge < -0.3 is 5.11 Å². The van der Waals surface area contributed by atoms with Crippen LogP contribution < -0.4 is 0 Å². The lowest BCUT2D eigenvalue weighted by molar-refractivity contribution is 0.0696. The van der Waals surface area contributed by atoms with Crippen LogP contribution in [0.3, 0.4) is 0 Å². The maximum atomic E-state index is 12.5. The Labute approximate surface area is 84.6 Å². The van der Waals surface area contributed by atoms with Gasteiger partial charge in [-0.05, 0) is 24.6 Å². The number of nitriles is 1. The Morgan fingerprint density at radius 2 is 2.13 bits per heavy atom. The number of alkyl halides is 2. The average molecular weight is 211 g/mol. The lowest BCUT2D eigenvalue weighted by Crippen LogP contribution is -2.05. The number of hydrogen-bond donors (Lipinski definition) is 1. The SMILES string of the molecule is Cc1cc(C(=O)O)c(C#N)c(C(F)F)c1. The third-order valence-electron chi connectivity index (χ3n) is 1.89. The molecule has 3 nitrogen and oxygen atoms in total. The highest BCUT2D eigenvalue weighted by Gasteiger charge is 2.20. The Morgan fingerprint density at radius 1 is 1.53 bits per heavy atom. The van der Waals surface area contributed by atoms with E-state index in [1.165, 1.54) is 19.1 Å². The van der Waals surface area contributed by atoms with Gasteiger partial charge in [-0.15, -0.1) is 0 Å². The Hall–Kier alpha value is -1.96. The summed E-state index contributed by atoms with van der Waals surface area (Å²) in [6.45, 7) is 1.50. The van der Waals surface area contributed by atoms with Crippen molar-refractivity contribution in [1.82, 2.24) is 0 Å². The number of aryl methyl sites for hydroxylation is 1. The highest BCUT2D eigenvalue weighted by Crippen LogP contribution is 2.26. The van der Waals surface area contributed by atoms with Crippen LogP contribution in [0.2, 0.25) is 0 Å². The van der Waals surface area contributed by atoms with Crippen LogP contribution in [0.4, 0.5) is 8.78 Å². The summed E-state index contributed by atoms with van der Waals surface area (Å²) in [4.78, 5) is 10.7. The molecule has 0 radical (unpaired) electrons. The van der Waals surface area contributed by atoms with E-state index in [0.717, 1.165) is 6.07 Å². The number of carboxylic acid groups (broad SMARTS) is 1. The summed E-state index contributed by atoms with van der Waals surface area (Å²) in [5, 5.41) is 17.4. The average Bonchev–Trinajstić information content (AvgIpc) is 2.16. The van der Waals surface area contributed by atoms with Crippen molar-refractivity contribution < 1.29 is 18.7 Å². The number of hydrogen-bond acceptors (Lipinski definition) is 2. The van der Waals surface area contributed by atoms with E-state index in [9.17, 15) is 13.6 Å². The molecule has 0 amide bonds. The summed E-state index contributed by atoms with van der Waals surface area (Å²) in [7, 11) is 0. The monoisotopic (exact) mass is 211 g/mol. The molecule has 0 unspecified atom stereocenters. The van der Waals surface area contributed by atoms with Crippen molar-refractivity contribution >= 4 is 5.97 Å². The van der Waals surface area contributed by atoms with Gasteiger partial charge in [0.25, 0.3) is 6.43 Å². The molecule has 0 fully saturated rings. The predicted octanol–water partition coefficient (Wildman–Crippen LogP) is 2.50. The quantitative estimate of drug-likeness (QED) is 0.817. The molecule has 1 aromatic rings. The number of halogens is 2. The van der Waals surface area contributed by atoms with E-state index >= 15 is 0 Å². The topological polar surface area (TPSA) is 61.1 Å². The molecule has 1 rings (SSSR count). The minimum absolute atomic E-state index is 0.382. The Balaban J connectivity index is 3.54. The molecule has 5 heteroatoms. The van der Waals surface area contributed by atoms with Gasteiger partial charge in [0, 0.05) is 5.56 Å². The highest BCUT2D eigenvalue weighted by molar-refractivity contribution is 5.91. The standard InChI is InChI=1S/C10H7F2NO2/c1-5-2-6(9(11)12)8(4-13)7(3-5)10(14)15/h2-3,9H,1H3,(H,14,15). The van der Waals surface area contributed by atoms with E-state index in [1.54, 1.807) is 0 Å². The van der Waals surface area contributed by atoms with Gasteiger partial charge in [0.1, 0.15) is 6.07 Å². The van der Waals surface area contributed by atoms with E-state index in [-0.39, 0.29) is 5.56 Å². The molecule has 0 spiro atoms. The molecule has 0 aliphatic rings. The molecule has 0 atom stereocenters. The third-order valence-corrected chi connectivity index (χ3v) is 1.89. The molecule has 0 heterocycles. The highest BCUT2D eigenvalue weighted by atomic mass is 19.3. The van der Waals surface area contributed by atoms with Crippen molar-refractivity contribution in [2.45, 2.75) is 13.3 Å². The first kappa shape index (κ1) is 11.1. The number of nitrogens with zero attached hydrogens (tertiary/aromatic N) is 1. The van der Waals surface area contributed by atoms with E-state index in [0.29, 0.717) is 5.56 Å². The summed E-state index contributed by atoms with van der Waals surface area (Å²) in [6, 6.07) is 3.82. The van der Waals surface area contributed by atoms with Crippen molar-refractivity contribution in [1.29, 1.82) is 5.26 Å². The second kappa shape index (κ2) is 4.05. The fourth-order valence-corrected chi connectivity index (χ4v) is 1.28. The van der Waals surface area contributed by atoms with Crippen molar-refractivity contribution in [3.8, 4) is 6.07 Å². The molecule has 0 saturated carbocycles. The summed E-state index contributed by atoms with van der Waals surface area (Å²) >= 11 is 0. The fourth-order valence-electron chi connectivity index (χ4n) is 1.28. The van der Waals surface area contributed by atoms with E-state index in [2.05, 4.69) is 0 Å². The van der Waals surface area contributed by atoms with Crippen molar-refractivity contribution in [3.63, 3.8) is 0 Å². The zero-order valence-corrected chi connectivity index (χ0v) is 7.79. The summed E-state index contributed by atoms with van der Waals surface area (Å²) in [6.07, 6.45) is -2.85. The predicted molar refractivity (Wildman–Crippen MR) is 47.8 cm³/mol. The van der Waals surface area contributed by atoms with Crippen LogP contribution >= 0.6 is 0 Å². The van der Waals surface area contributed by atoms with Crippen LogP contribution in [-0.2, 0) is 0 Å². The molecule has 0 bridgehead atoms. The lowest BCUT2D eigenvalue weighted by atomic mass is 9.99. The zero-order valence-electron chi connectivity index (χ0n) is 7.79. The van der Waals surface area contributed by atoms with Crippen LogP contribution in [0.25, 0.3) is 0 Å². The molecule has 0 aromatic heterocycles. The zero-order chi connectivity index (χ0) is 11.6. The van der Waals surface area contributed by atoms with E-state index < -0.39 is 23.5 Å². The van der Waals surface area contributed by atoms with Crippen LogP contribution in [0.15, 0.2) is 12.1 Å². The molecule has 0 saturated heterocycles. The summed E-state index contributed by atoms with van der Waals surface area (Å²) in [5.74, 6) is -1.38.